The van der Waals surface area contributed by atoms with E-state index < -0.39 is 6.10 Å². The molecule has 1 amide bonds. The molecule has 1 heterocycles. The maximum Gasteiger partial charge on any atom is 0.265 e. The Morgan fingerprint density at radius 2 is 1.82 bits per heavy atom. The molecule has 144 valence electrons. The number of Topliss-reactive ketones (excluding diaryl/α,β-unsaturated/α-hetero) is 1. The van der Waals surface area contributed by atoms with Crippen LogP contribution in [-0.4, -0.2) is 22.8 Å². The van der Waals surface area contributed by atoms with E-state index in [1.165, 1.54) is 11.3 Å². The smallest absolute Gasteiger partial charge is 0.265 e. The number of carbonyl (C=O) groups excluding carboxylic acids is 2. The lowest BCUT2D eigenvalue weighted by Gasteiger charge is -2.15. The summed E-state index contributed by atoms with van der Waals surface area (Å²) >= 11 is 1.38. The van der Waals surface area contributed by atoms with Crippen LogP contribution >= 0.6 is 11.3 Å². The van der Waals surface area contributed by atoms with Gasteiger partial charge in [0.05, 0.1) is 10.6 Å². The van der Waals surface area contributed by atoms with E-state index >= 15 is 0 Å². The number of aryl methyl sites for hydroxylation is 2. The van der Waals surface area contributed by atoms with E-state index in [1.807, 2.05) is 50.2 Å². The number of nitrogens with zero attached hydrogens (tertiary/aromatic N) is 1. The largest absolute Gasteiger partial charge is 0.481 e. The molecule has 6 heteroatoms. The van der Waals surface area contributed by atoms with Gasteiger partial charge in [-0.15, -0.1) is 11.3 Å². The van der Waals surface area contributed by atoms with Gasteiger partial charge in [0.25, 0.3) is 5.91 Å². The molecule has 1 aromatic heterocycles. The fraction of sp³-hybridized carbons (Fsp3) is 0.227. The summed E-state index contributed by atoms with van der Waals surface area (Å²) in [6, 6.07) is 15.0. The maximum absolute atomic E-state index is 12.3. The Labute approximate surface area is 168 Å². The molecule has 0 spiro atoms. The van der Waals surface area contributed by atoms with Gasteiger partial charge in [-0.2, -0.15) is 0 Å². The third kappa shape index (κ3) is 4.64. The van der Waals surface area contributed by atoms with Gasteiger partial charge in [-0.25, -0.2) is 4.98 Å². The average Bonchev–Trinajstić information content (AvgIpc) is 3.04. The van der Waals surface area contributed by atoms with E-state index in [1.54, 1.807) is 26.0 Å². The summed E-state index contributed by atoms with van der Waals surface area (Å²) in [5, 5.41) is 3.65. The highest BCUT2D eigenvalue weighted by Gasteiger charge is 2.16. The molecule has 0 unspecified atom stereocenters. The van der Waals surface area contributed by atoms with Crippen molar-refractivity contribution in [3.63, 3.8) is 0 Å². The number of nitrogens with one attached hydrogen (secondary N) is 1. The van der Waals surface area contributed by atoms with Gasteiger partial charge in [-0.05, 0) is 62.7 Å². The monoisotopic (exact) mass is 394 g/mol. The van der Waals surface area contributed by atoms with Gasteiger partial charge in [0, 0.05) is 18.2 Å². The van der Waals surface area contributed by atoms with E-state index in [0.717, 1.165) is 27.5 Å². The van der Waals surface area contributed by atoms with E-state index in [0.29, 0.717) is 10.6 Å². The second kappa shape index (κ2) is 8.35. The van der Waals surface area contributed by atoms with Crippen LogP contribution in [0.25, 0.3) is 10.6 Å². The molecule has 0 saturated heterocycles. The highest BCUT2D eigenvalue weighted by Crippen LogP contribution is 2.29. The van der Waals surface area contributed by atoms with Gasteiger partial charge >= 0.3 is 0 Å². The number of benzene rings is 2. The SMILES string of the molecule is CC(=O)c1sc(-c2ccc(O[C@@H](C)C(=O)Nc3cccc(C)c3)cc2)nc1C. The van der Waals surface area contributed by atoms with Gasteiger partial charge in [0.2, 0.25) is 0 Å². The van der Waals surface area contributed by atoms with E-state index in [4.69, 9.17) is 4.74 Å². The van der Waals surface area contributed by atoms with Crippen LogP contribution in [0.15, 0.2) is 48.5 Å². The lowest BCUT2D eigenvalue weighted by Crippen LogP contribution is -2.30. The van der Waals surface area contributed by atoms with Crippen LogP contribution in [-0.2, 0) is 4.79 Å². The zero-order valence-corrected chi connectivity index (χ0v) is 17.1. The number of amides is 1. The number of rotatable bonds is 6. The van der Waals surface area contributed by atoms with Crippen LogP contribution in [0, 0.1) is 13.8 Å². The normalized spacial score (nSPS) is 11.7. The number of anilines is 1. The van der Waals surface area contributed by atoms with Crippen molar-refractivity contribution < 1.29 is 14.3 Å². The molecule has 0 aliphatic carbocycles. The molecule has 0 saturated carbocycles. The molecule has 5 nitrogen and oxygen atoms in total. The van der Waals surface area contributed by atoms with Gasteiger partial charge < -0.3 is 10.1 Å². The van der Waals surface area contributed by atoms with Crippen molar-refractivity contribution in [3.05, 3.63) is 64.7 Å². The molecular formula is C22H22N2O3S. The predicted molar refractivity (Wildman–Crippen MR) is 112 cm³/mol. The number of ether oxygens (including phenoxy) is 1. The predicted octanol–water partition coefficient (Wildman–Crippen LogP) is 5.04. The third-order valence-corrected chi connectivity index (χ3v) is 5.49. The van der Waals surface area contributed by atoms with Crippen molar-refractivity contribution in [2.24, 2.45) is 0 Å². The molecule has 28 heavy (non-hydrogen) atoms. The molecule has 2 aromatic carbocycles. The first-order valence-corrected chi connectivity index (χ1v) is 9.78. The fourth-order valence-corrected chi connectivity index (χ4v) is 3.71. The number of hydrogen-bond acceptors (Lipinski definition) is 5. The summed E-state index contributed by atoms with van der Waals surface area (Å²) in [6.07, 6.45) is -0.641. The van der Waals surface area contributed by atoms with E-state index in [2.05, 4.69) is 10.3 Å². The lowest BCUT2D eigenvalue weighted by molar-refractivity contribution is -0.122. The van der Waals surface area contributed by atoms with Gasteiger partial charge in [-0.3, -0.25) is 9.59 Å². The van der Waals surface area contributed by atoms with Crippen molar-refractivity contribution in [2.75, 3.05) is 5.32 Å². The Morgan fingerprint density at radius 1 is 1.11 bits per heavy atom. The quantitative estimate of drug-likeness (QED) is 0.595. The minimum atomic E-state index is -0.641. The Morgan fingerprint density at radius 3 is 2.43 bits per heavy atom. The molecular weight excluding hydrogens is 372 g/mol. The first-order valence-electron chi connectivity index (χ1n) is 8.96. The van der Waals surface area contributed by atoms with Gasteiger partial charge in [-0.1, -0.05) is 12.1 Å². The third-order valence-electron chi connectivity index (χ3n) is 4.19. The van der Waals surface area contributed by atoms with Crippen LogP contribution < -0.4 is 10.1 Å². The summed E-state index contributed by atoms with van der Waals surface area (Å²) in [6.45, 7) is 7.07. The number of carbonyl (C=O) groups is 2. The van der Waals surface area contributed by atoms with Crippen molar-refractivity contribution in [2.45, 2.75) is 33.8 Å². The maximum atomic E-state index is 12.3. The van der Waals surface area contributed by atoms with Gasteiger partial charge in [0.15, 0.2) is 11.9 Å². The zero-order valence-electron chi connectivity index (χ0n) is 16.3. The van der Waals surface area contributed by atoms with Crippen LogP contribution in [0.4, 0.5) is 5.69 Å². The van der Waals surface area contributed by atoms with Crippen LogP contribution in [0.2, 0.25) is 0 Å². The van der Waals surface area contributed by atoms with E-state index in [9.17, 15) is 9.59 Å². The van der Waals surface area contributed by atoms with Gasteiger partial charge in [0.1, 0.15) is 10.8 Å². The zero-order chi connectivity index (χ0) is 20.3. The van der Waals surface area contributed by atoms with Crippen molar-refractivity contribution in [1.29, 1.82) is 0 Å². The number of thiazole rings is 1. The second-order valence-electron chi connectivity index (χ2n) is 6.63. The first-order chi connectivity index (χ1) is 13.3. The second-order valence-corrected chi connectivity index (χ2v) is 7.63. The Bertz CT molecular complexity index is 1010. The van der Waals surface area contributed by atoms with Crippen molar-refractivity contribution in [3.8, 4) is 16.3 Å². The number of aromatic nitrogens is 1. The molecule has 0 aliphatic heterocycles. The summed E-state index contributed by atoms with van der Waals surface area (Å²) < 4.78 is 5.75. The number of ketones is 1. The van der Waals surface area contributed by atoms with E-state index in [-0.39, 0.29) is 11.7 Å². The van der Waals surface area contributed by atoms with Crippen LogP contribution in [0.5, 0.6) is 5.75 Å². The molecule has 0 radical (unpaired) electrons. The molecule has 3 rings (SSSR count). The topological polar surface area (TPSA) is 68.3 Å². The Hall–Kier alpha value is -2.99. The lowest BCUT2D eigenvalue weighted by atomic mass is 10.2. The fourth-order valence-electron chi connectivity index (χ4n) is 2.75. The molecule has 0 bridgehead atoms. The average molecular weight is 394 g/mol. The van der Waals surface area contributed by atoms with Crippen molar-refractivity contribution in [1.82, 2.24) is 4.98 Å². The highest BCUT2D eigenvalue weighted by molar-refractivity contribution is 7.17. The van der Waals surface area contributed by atoms with Crippen molar-refractivity contribution >= 4 is 28.7 Å². The first kappa shape index (κ1) is 19.8. The molecule has 1 atom stereocenters. The minimum Gasteiger partial charge on any atom is -0.481 e. The summed E-state index contributed by atoms with van der Waals surface area (Å²) in [5.41, 5.74) is 3.47. The van der Waals surface area contributed by atoms with Crippen LogP contribution in [0.3, 0.4) is 0 Å². The Balaban J connectivity index is 1.65. The number of hydrogen-bond donors (Lipinski definition) is 1. The molecule has 1 N–H and O–H groups in total. The Kier molecular flexibility index (Phi) is 5.90. The summed E-state index contributed by atoms with van der Waals surface area (Å²) in [5.74, 6) is 0.404. The standard InChI is InChI=1S/C22H22N2O3S/c1-13-6-5-7-18(12-13)24-21(26)16(4)27-19-10-8-17(9-11-19)22-23-14(2)20(28-22)15(3)25/h5-12,16H,1-4H3,(H,24,26)/t16-/m0/s1. The molecule has 0 aliphatic rings. The minimum absolute atomic E-state index is 0.0228. The summed E-state index contributed by atoms with van der Waals surface area (Å²) in [7, 11) is 0. The summed E-state index contributed by atoms with van der Waals surface area (Å²) in [4.78, 5) is 29.1. The van der Waals surface area contributed by atoms with Crippen LogP contribution in [0.1, 0.15) is 34.8 Å². The highest BCUT2D eigenvalue weighted by atomic mass is 32.1. The molecule has 3 aromatic rings. The molecule has 0 fully saturated rings.